The third-order valence-electron chi connectivity index (χ3n) is 3.70. The van der Waals surface area contributed by atoms with Crippen LogP contribution in [0.3, 0.4) is 0 Å². The van der Waals surface area contributed by atoms with Crippen LogP contribution in [0.15, 0.2) is 48.7 Å². The number of aryl methyl sites for hydroxylation is 2. The molecule has 0 unspecified atom stereocenters. The summed E-state index contributed by atoms with van der Waals surface area (Å²) in [6.07, 6.45) is 4.30. The summed E-state index contributed by atoms with van der Waals surface area (Å²) >= 11 is 0. The first kappa shape index (κ1) is 16.9. The van der Waals surface area contributed by atoms with Gasteiger partial charge in [0.1, 0.15) is 0 Å². The Morgan fingerprint density at radius 1 is 1.04 bits per heavy atom. The first-order valence-electron chi connectivity index (χ1n) is 7.97. The molecule has 1 N–H and O–H groups in total. The highest BCUT2D eigenvalue weighted by Gasteiger charge is 2.12. The molecule has 0 saturated carbocycles. The molecule has 1 aromatic heterocycles. The minimum atomic E-state index is -0.509. The minimum Gasteiger partial charge on any atom is -0.345 e. The van der Waals surface area contributed by atoms with E-state index < -0.39 is 5.91 Å². The van der Waals surface area contributed by atoms with E-state index in [9.17, 15) is 9.59 Å². The van der Waals surface area contributed by atoms with Crippen LogP contribution in [0.5, 0.6) is 0 Å². The quantitative estimate of drug-likeness (QED) is 0.763. The molecule has 0 bridgehead atoms. The predicted molar refractivity (Wildman–Crippen MR) is 89.8 cm³/mol. The first-order valence-corrected chi connectivity index (χ1v) is 7.97. The van der Waals surface area contributed by atoms with E-state index in [4.69, 9.17) is 0 Å². The summed E-state index contributed by atoms with van der Waals surface area (Å²) in [5, 5.41) is 2.68. The topological polar surface area (TPSA) is 59.1 Å². The number of benzene rings is 1. The summed E-state index contributed by atoms with van der Waals surface area (Å²) in [5.74, 6) is -0.878. The molecule has 120 valence electrons. The van der Waals surface area contributed by atoms with Gasteiger partial charge in [-0.2, -0.15) is 0 Å². The molecule has 4 nitrogen and oxygen atoms in total. The Kier molecular flexibility index (Phi) is 6.48. The van der Waals surface area contributed by atoms with Crippen LogP contribution in [-0.4, -0.2) is 16.7 Å². The number of Topliss-reactive ketones (excluding diaryl/α,β-unsaturated/α-hetero) is 1. The molecule has 4 heteroatoms. The molecule has 2 aromatic rings. The van der Waals surface area contributed by atoms with Crippen LogP contribution in [0.2, 0.25) is 0 Å². The highest BCUT2D eigenvalue weighted by Crippen LogP contribution is 2.05. The lowest BCUT2D eigenvalue weighted by atomic mass is 10.1. The van der Waals surface area contributed by atoms with Crippen LogP contribution in [0.1, 0.15) is 36.6 Å². The fourth-order valence-electron chi connectivity index (χ4n) is 2.26. The number of nitrogens with zero attached hydrogens (tertiary/aromatic N) is 1. The van der Waals surface area contributed by atoms with Crippen molar-refractivity contribution >= 4 is 11.7 Å². The molecule has 0 atom stereocenters. The molecule has 0 aliphatic carbocycles. The first-order chi connectivity index (χ1) is 11.2. The van der Waals surface area contributed by atoms with E-state index in [0.29, 0.717) is 19.4 Å². The van der Waals surface area contributed by atoms with Gasteiger partial charge in [-0.05, 0) is 42.5 Å². The average Bonchev–Trinajstić information content (AvgIpc) is 2.61. The maximum Gasteiger partial charge on any atom is 0.287 e. The zero-order valence-corrected chi connectivity index (χ0v) is 13.4. The molecule has 1 heterocycles. The monoisotopic (exact) mass is 310 g/mol. The molecule has 1 aromatic carbocycles. The third kappa shape index (κ3) is 5.66. The largest absolute Gasteiger partial charge is 0.345 e. The van der Waals surface area contributed by atoms with Gasteiger partial charge in [0.2, 0.25) is 5.78 Å². The van der Waals surface area contributed by atoms with E-state index in [2.05, 4.69) is 17.2 Å². The molecule has 1 amide bonds. The van der Waals surface area contributed by atoms with Gasteiger partial charge in [0.25, 0.3) is 5.91 Å². The van der Waals surface area contributed by atoms with Gasteiger partial charge in [-0.3, -0.25) is 14.6 Å². The summed E-state index contributed by atoms with van der Waals surface area (Å²) in [7, 11) is 0. The van der Waals surface area contributed by atoms with E-state index in [1.807, 2.05) is 42.5 Å². The minimum absolute atomic E-state index is 0.247. The van der Waals surface area contributed by atoms with E-state index >= 15 is 0 Å². The molecular weight excluding hydrogens is 288 g/mol. The van der Waals surface area contributed by atoms with Gasteiger partial charge >= 0.3 is 0 Å². The number of carbonyl (C=O) groups is 2. The van der Waals surface area contributed by atoms with Gasteiger partial charge in [-0.1, -0.05) is 37.3 Å². The van der Waals surface area contributed by atoms with Crippen LogP contribution >= 0.6 is 0 Å². The summed E-state index contributed by atoms with van der Waals surface area (Å²) in [6.45, 7) is 2.48. The van der Waals surface area contributed by atoms with Crippen LogP contribution in [-0.2, 0) is 29.0 Å². The normalized spacial score (nSPS) is 10.3. The maximum atomic E-state index is 11.8. The standard InChI is InChI=1S/C19H22N2O2/c1-2-15-9-11-16(12-10-15)14-21-19(23)18(22)8-5-7-17-6-3-4-13-20-17/h3-4,6,9-13H,2,5,7-8,14H2,1H3,(H,21,23). The van der Waals surface area contributed by atoms with Gasteiger partial charge < -0.3 is 5.32 Å². The number of hydrogen-bond acceptors (Lipinski definition) is 3. The second-order valence-electron chi connectivity index (χ2n) is 5.45. The predicted octanol–water partition coefficient (Wildman–Crippen LogP) is 2.85. The fraction of sp³-hybridized carbons (Fsp3) is 0.316. The molecule has 0 saturated heterocycles. The Labute approximate surface area is 137 Å². The number of hydrogen-bond donors (Lipinski definition) is 1. The van der Waals surface area contributed by atoms with Crippen molar-refractivity contribution in [3.63, 3.8) is 0 Å². The lowest BCUT2D eigenvalue weighted by molar-refractivity contribution is -0.138. The molecule has 0 aliphatic rings. The summed E-state index contributed by atoms with van der Waals surface area (Å²) in [6, 6.07) is 13.7. The van der Waals surface area contributed by atoms with Crippen molar-refractivity contribution in [2.45, 2.75) is 39.2 Å². The number of ketones is 1. The van der Waals surface area contributed by atoms with Crippen LogP contribution < -0.4 is 5.32 Å². The fourth-order valence-corrected chi connectivity index (χ4v) is 2.26. The van der Waals surface area contributed by atoms with Crippen molar-refractivity contribution in [1.82, 2.24) is 10.3 Å². The Balaban J connectivity index is 1.71. The molecule has 2 rings (SSSR count). The van der Waals surface area contributed by atoms with E-state index in [0.717, 1.165) is 17.7 Å². The molecular formula is C19H22N2O2. The number of aromatic nitrogens is 1. The Bertz CT molecular complexity index is 636. The number of pyridine rings is 1. The number of nitrogens with one attached hydrogen (secondary N) is 1. The Morgan fingerprint density at radius 3 is 2.43 bits per heavy atom. The molecule has 23 heavy (non-hydrogen) atoms. The van der Waals surface area contributed by atoms with Crippen molar-refractivity contribution in [3.8, 4) is 0 Å². The second kappa shape index (κ2) is 8.83. The molecule has 0 radical (unpaired) electrons. The zero-order chi connectivity index (χ0) is 16.5. The third-order valence-corrected chi connectivity index (χ3v) is 3.70. The SMILES string of the molecule is CCc1ccc(CNC(=O)C(=O)CCCc2ccccn2)cc1. The molecule has 0 fully saturated rings. The molecule has 0 aliphatic heterocycles. The van der Waals surface area contributed by atoms with Crippen LogP contribution in [0.25, 0.3) is 0 Å². The number of amides is 1. The van der Waals surface area contributed by atoms with Gasteiger partial charge in [0.05, 0.1) is 0 Å². The van der Waals surface area contributed by atoms with E-state index in [1.54, 1.807) is 6.20 Å². The second-order valence-corrected chi connectivity index (χ2v) is 5.45. The molecule has 0 spiro atoms. The zero-order valence-electron chi connectivity index (χ0n) is 13.4. The van der Waals surface area contributed by atoms with Crippen molar-refractivity contribution in [3.05, 3.63) is 65.5 Å². The van der Waals surface area contributed by atoms with Gasteiger partial charge in [-0.25, -0.2) is 0 Å². The summed E-state index contributed by atoms with van der Waals surface area (Å²) in [5.41, 5.74) is 3.19. The Hall–Kier alpha value is -2.49. The van der Waals surface area contributed by atoms with Crippen molar-refractivity contribution in [2.24, 2.45) is 0 Å². The maximum absolute atomic E-state index is 11.8. The van der Waals surface area contributed by atoms with Crippen LogP contribution in [0, 0.1) is 0 Å². The van der Waals surface area contributed by atoms with Crippen molar-refractivity contribution in [1.29, 1.82) is 0 Å². The lowest BCUT2D eigenvalue weighted by Gasteiger charge is -2.06. The lowest BCUT2D eigenvalue weighted by Crippen LogP contribution is -2.30. The van der Waals surface area contributed by atoms with Gasteiger partial charge in [0, 0.05) is 24.9 Å². The van der Waals surface area contributed by atoms with Gasteiger partial charge in [-0.15, -0.1) is 0 Å². The summed E-state index contributed by atoms with van der Waals surface area (Å²) in [4.78, 5) is 27.8. The van der Waals surface area contributed by atoms with E-state index in [1.165, 1.54) is 5.56 Å². The smallest absolute Gasteiger partial charge is 0.287 e. The van der Waals surface area contributed by atoms with Crippen molar-refractivity contribution in [2.75, 3.05) is 0 Å². The number of rotatable bonds is 8. The highest BCUT2D eigenvalue weighted by atomic mass is 16.2. The Morgan fingerprint density at radius 2 is 1.78 bits per heavy atom. The highest BCUT2D eigenvalue weighted by molar-refractivity contribution is 6.36. The van der Waals surface area contributed by atoms with E-state index in [-0.39, 0.29) is 12.2 Å². The average molecular weight is 310 g/mol. The summed E-state index contributed by atoms with van der Waals surface area (Å²) < 4.78 is 0. The van der Waals surface area contributed by atoms with Crippen molar-refractivity contribution < 1.29 is 9.59 Å². The van der Waals surface area contributed by atoms with Crippen LogP contribution in [0.4, 0.5) is 0 Å². The van der Waals surface area contributed by atoms with Gasteiger partial charge in [0.15, 0.2) is 0 Å². The number of carbonyl (C=O) groups excluding carboxylic acids is 2.